The van der Waals surface area contributed by atoms with E-state index in [1.807, 2.05) is 6.92 Å². The number of anilines is 1. The lowest BCUT2D eigenvalue weighted by Crippen LogP contribution is -2.28. The van der Waals surface area contributed by atoms with Gasteiger partial charge < -0.3 is 10.6 Å². The number of nitrogens with one attached hydrogen (secondary N) is 2. The monoisotopic (exact) mass is 296 g/mol. The largest absolute Gasteiger partial charge is 0.356 e. The molecule has 0 heterocycles. The molecule has 0 spiro atoms. The van der Waals surface area contributed by atoms with Gasteiger partial charge in [-0.1, -0.05) is 13.3 Å². The number of carbonyl (C=O) groups is 2. The highest BCUT2D eigenvalue weighted by Gasteiger charge is 2.47. The number of carbonyl (C=O) groups excluding carboxylic acids is 2. The summed E-state index contributed by atoms with van der Waals surface area (Å²) >= 11 is 0. The van der Waals surface area contributed by atoms with E-state index >= 15 is 0 Å². The molecule has 2 N–H and O–H groups in total. The fraction of sp³-hybridized carbons (Fsp3) is 0.467. The molecule has 1 saturated carbocycles. The fourth-order valence-electron chi connectivity index (χ4n) is 2.11. The number of benzene rings is 1. The van der Waals surface area contributed by atoms with Crippen molar-refractivity contribution in [3.8, 4) is 0 Å². The Kier molecular flexibility index (Phi) is 4.88. The van der Waals surface area contributed by atoms with Crippen LogP contribution in [0.4, 0.5) is 14.5 Å². The molecule has 1 aromatic rings. The van der Waals surface area contributed by atoms with Crippen LogP contribution in [-0.4, -0.2) is 18.4 Å². The van der Waals surface area contributed by atoms with E-state index in [4.69, 9.17) is 0 Å². The Balaban J connectivity index is 1.84. The lowest BCUT2D eigenvalue weighted by atomic mass is 10.2. The summed E-state index contributed by atoms with van der Waals surface area (Å²) in [5.74, 6) is -2.85. The minimum Gasteiger partial charge on any atom is -0.356 e. The molecule has 2 rings (SSSR count). The molecule has 0 radical (unpaired) electrons. The van der Waals surface area contributed by atoms with Crippen molar-refractivity contribution in [3.63, 3.8) is 0 Å². The van der Waals surface area contributed by atoms with Crippen LogP contribution in [0, 0.1) is 23.5 Å². The minimum atomic E-state index is -0.826. The lowest BCUT2D eigenvalue weighted by Gasteiger charge is -2.06. The Morgan fingerprint density at radius 3 is 2.62 bits per heavy atom. The molecule has 1 aromatic carbocycles. The van der Waals surface area contributed by atoms with Gasteiger partial charge in [-0.25, -0.2) is 8.78 Å². The highest BCUT2D eigenvalue weighted by Crippen LogP contribution is 2.39. The number of hydrogen-bond donors (Lipinski definition) is 2. The number of halogens is 2. The number of rotatable bonds is 6. The average molecular weight is 296 g/mol. The molecule has 2 amide bonds. The normalized spacial score (nSPS) is 20.0. The molecule has 0 saturated heterocycles. The summed E-state index contributed by atoms with van der Waals surface area (Å²) in [6.07, 6.45) is 2.35. The van der Waals surface area contributed by atoms with E-state index in [1.54, 1.807) is 0 Å². The molecule has 21 heavy (non-hydrogen) atoms. The van der Waals surface area contributed by atoms with Crippen LogP contribution in [0.5, 0.6) is 0 Å². The first-order valence-corrected chi connectivity index (χ1v) is 7.06. The van der Waals surface area contributed by atoms with Crippen LogP contribution < -0.4 is 10.6 Å². The van der Waals surface area contributed by atoms with Gasteiger partial charge in [-0.3, -0.25) is 9.59 Å². The summed E-state index contributed by atoms with van der Waals surface area (Å²) in [5, 5.41) is 5.16. The van der Waals surface area contributed by atoms with Crippen molar-refractivity contribution in [1.82, 2.24) is 5.32 Å². The molecule has 2 atom stereocenters. The number of hydrogen-bond acceptors (Lipinski definition) is 2. The van der Waals surface area contributed by atoms with Crippen LogP contribution in [0.15, 0.2) is 18.2 Å². The van der Waals surface area contributed by atoms with E-state index in [0.29, 0.717) is 19.0 Å². The maximum absolute atomic E-state index is 13.4. The molecule has 0 bridgehead atoms. The van der Waals surface area contributed by atoms with Gasteiger partial charge >= 0.3 is 0 Å². The Morgan fingerprint density at radius 1 is 1.24 bits per heavy atom. The first kappa shape index (κ1) is 15.4. The third kappa shape index (κ3) is 4.00. The molecule has 114 valence electrons. The molecule has 1 fully saturated rings. The standard InChI is InChI=1S/C15H18F2N2O2/c1-2-3-6-18-14(20)10-8-11(10)15(21)19-13-5-4-9(16)7-12(13)17/h4-5,7,10-11H,2-3,6,8H2,1H3,(H,18,20)(H,19,21). The minimum absolute atomic E-state index is 0.0709. The first-order chi connectivity index (χ1) is 10.0. The average Bonchev–Trinajstić information content (AvgIpc) is 3.22. The zero-order chi connectivity index (χ0) is 15.4. The molecule has 4 nitrogen and oxygen atoms in total. The molecule has 0 aliphatic heterocycles. The molecular formula is C15H18F2N2O2. The summed E-state index contributed by atoms with van der Waals surface area (Å²) in [6, 6.07) is 2.94. The Hall–Kier alpha value is -1.98. The summed E-state index contributed by atoms with van der Waals surface area (Å²) in [6.45, 7) is 2.63. The van der Waals surface area contributed by atoms with Gasteiger partial charge in [0.25, 0.3) is 0 Å². The van der Waals surface area contributed by atoms with Gasteiger partial charge in [0, 0.05) is 12.6 Å². The molecule has 1 aliphatic carbocycles. The second-order valence-electron chi connectivity index (χ2n) is 5.21. The molecular weight excluding hydrogens is 278 g/mol. The zero-order valence-corrected chi connectivity index (χ0v) is 11.8. The van der Waals surface area contributed by atoms with Crippen LogP contribution in [0.3, 0.4) is 0 Å². The van der Waals surface area contributed by atoms with Gasteiger partial charge in [-0.05, 0) is 25.0 Å². The fourth-order valence-corrected chi connectivity index (χ4v) is 2.11. The van der Waals surface area contributed by atoms with E-state index in [9.17, 15) is 18.4 Å². The highest BCUT2D eigenvalue weighted by molar-refractivity contribution is 5.99. The van der Waals surface area contributed by atoms with Gasteiger partial charge in [0.05, 0.1) is 17.5 Å². The highest BCUT2D eigenvalue weighted by atomic mass is 19.1. The topological polar surface area (TPSA) is 58.2 Å². The quantitative estimate of drug-likeness (QED) is 0.792. The van der Waals surface area contributed by atoms with Crippen LogP contribution in [-0.2, 0) is 9.59 Å². The smallest absolute Gasteiger partial charge is 0.228 e. The predicted molar refractivity (Wildman–Crippen MR) is 74.5 cm³/mol. The van der Waals surface area contributed by atoms with E-state index in [0.717, 1.165) is 18.9 Å². The van der Waals surface area contributed by atoms with Crippen molar-refractivity contribution in [3.05, 3.63) is 29.8 Å². The molecule has 1 aliphatic rings. The van der Waals surface area contributed by atoms with Crippen LogP contribution in [0.1, 0.15) is 26.2 Å². The van der Waals surface area contributed by atoms with Crippen molar-refractivity contribution < 1.29 is 18.4 Å². The Morgan fingerprint density at radius 2 is 1.95 bits per heavy atom. The predicted octanol–water partition coefficient (Wildman–Crippen LogP) is 2.46. The van der Waals surface area contributed by atoms with Crippen LogP contribution >= 0.6 is 0 Å². The van der Waals surface area contributed by atoms with Gasteiger partial charge in [0.2, 0.25) is 11.8 Å². The van der Waals surface area contributed by atoms with Gasteiger partial charge in [0.1, 0.15) is 11.6 Å². The van der Waals surface area contributed by atoms with E-state index < -0.39 is 23.5 Å². The maximum atomic E-state index is 13.4. The van der Waals surface area contributed by atoms with Gasteiger partial charge in [-0.2, -0.15) is 0 Å². The van der Waals surface area contributed by atoms with Crippen molar-refractivity contribution in [2.45, 2.75) is 26.2 Å². The molecule has 2 unspecified atom stereocenters. The Labute approximate surface area is 121 Å². The van der Waals surface area contributed by atoms with Crippen LogP contribution in [0.2, 0.25) is 0 Å². The first-order valence-electron chi connectivity index (χ1n) is 7.06. The van der Waals surface area contributed by atoms with Crippen molar-refractivity contribution in [1.29, 1.82) is 0 Å². The molecule has 0 aromatic heterocycles. The van der Waals surface area contributed by atoms with E-state index in [2.05, 4.69) is 10.6 Å². The zero-order valence-electron chi connectivity index (χ0n) is 11.8. The summed E-state index contributed by atoms with van der Waals surface area (Å²) in [4.78, 5) is 23.6. The number of unbranched alkanes of at least 4 members (excludes halogenated alkanes) is 1. The van der Waals surface area contributed by atoms with Crippen molar-refractivity contribution >= 4 is 17.5 Å². The second-order valence-corrected chi connectivity index (χ2v) is 5.21. The summed E-state index contributed by atoms with van der Waals surface area (Å²) < 4.78 is 26.2. The second kappa shape index (κ2) is 6.65. The lowest BCUT2D eigenvalue weighted by molar-refractivity contribution is -0.125. The van der Waals surface area contributed by atoms with Crippen molar-refractivity contribution in [2.75, 3.05) is 11.9 Å². The van der Waals surface area contributed by atoms with Crippen LogP contribution in [0.25, 0.3) is 0 Å². The Bertz CT molecular complexity index is 548. The van der Waals surface area contributed by atoms with Crippen molar-refractivity contribution in [2.24, 2.45) is 11.8 Å². The maximum Gasteiger partial charge on any atom is 0.228 e. The van der Waals surface area contributed by atoms with Gasteiger partial charge in [0.15, 0.2) is 0 Å². The summed E-state index contributed by atoms with van der Waals surface area (Å²) in [5.41, 5.74) is -0.0709. The number of amides is 2. The molecule has 6 heteroatoms. The third-order valence-electron chi connectivity index (χ3n) is 3.48. The van der Waals surface area contributed by atoms with E-state index in [-0.39, 0.29) is 17.5 Å². The van der Waals surface area contributed by atoms with Gasteiger partial charge in [-0.15, -0.1) is 0 Å². The summed E-state index contributed by atoms with van der Waals surface area (Å²) in [7, 11) is 0. The third-order valence-corrected chi connectivity index (χ3v) is 3.48. The SMILES string of the molecule is CCCCNC(=O)C1CC1C(=O)Nc1ccc(F)cc1F. The van der Waals surface area contributed by atoms with E-state index in [1.165, 1.54) is 6.07 Å².